The van der Waals surface area contributed by atoms with Crippen molar-refractivity contribution in [1.29, 1.82) is 0 Å². The average Bonchev–Trinajstić information content (AvgIpc) is 2.40. The van der Waals surface area contributed by atoms with Crippen molar-refractivity contribution in [3.63, 3.8) is 0 Å². The van der Waals surface area contributed by atoms with Crippen molar-refractivity contribution >= 4 is 14.3 Å². The first-order chi connectivity index (χ1) is 10.00. The van der Waals surface area contributed by atoms with Gasteiger partial charge in [-0.25, -0.2) is 0 Å². The average molecular weight is 331 g/mol. The molecule has 0 amide bonds. The Kier molecular flexibility index (Phi) is 8.92. The zero-order chi connectivity index (χ0) is 17.7. The van der Waals surface area contributed by atoms with Gasteiger partial charge in [-0.3, -0.25) is 4.79 Å². The first-order valence-electron chi connectivity index (χ1n) is 8.75. The van der Waals surface area contributed by atoms with E-state index >= 15 is 0 Å². The molecule has 0 bridgehead atoms. The van der Waals surface area contributed by atoms with Crippen molar-refractivity contribution in [1.82, 2.24) is 0 Å². The van der Waals surface area contributed by atoms with Gasteiger partial charge in [0.1, 0.15) is 0 Å². The van der Waals surface area contributed by atoms with E-state index in [1.165, 1.54) is 7.11 Å². The molecule has 0 saturated carbocycles. The Hall–Kier alpha value is -0.353. The summed E-state index contributed by atoms with van der Waals surface area (Å²) in [7, 11) is -0.531. The summed E-state index contributed by atoms with van der Waals surface area (Å²) in [6.07, 6.45) is 0.308. The Morgan fingerprint density at radius 2 is 1.27 bits per heavy atom. The predicted octanol–water partition coefficient (Wildman–Crippen LogP) is 5.40. The maximum Gasteiger partial charge on any atom is 0.308 e. The molecule has 0 aromatic rings. The van der Waals surface area contributed by atoms with E-state index in [4.69, 9.17) is 9.16 Å². The maximum absolute atomic E-state index is 11.9. The van der Waals surface area contributed by atoms with Crippen molar-refractivity contribution in [2.24, 2.45) is 11.8 Å². The van der Waals surface area contributed by atoms with E-state index in [1.807, 2.05) is 0 Å². The SMILES string of the molecule is COC(=O)C[C@@H](O[Si](C(C)C)(C(C)C)C(C)C)[C@H](C)C(C)C. The minimum atomic E-state index is -1.99. The topological polar surface area (TPSA) is 35.5 Å². The maximum atomic E-state index is 11.9. The molecule has 0 saturated heterocycles. The van der Waals surface area contributed by atoms with Gasteiger partial charge in [0, 0.05) is 0 Å². The molecule has 22 heavy (non-hydrogen) atoms. The minimum Gasteiger partial charge on any atom is -0.469 e. The molecule has 0 unspecified atom stereocenters. The summed E-state index contributed by atoms with van der Waals surface area (Å²) in [5.41, 5.74) is 1.56. The quantitative estimate of drug-likeness (QED) is 0.419. The monoisotopic (exact) mass is 330 g/mol. The molecule has 0 aliphatic heterocycles. The zero-order valence-corrected chi connectivity index (χ0v) is 17.4. The number of carbonyl (C=O) groups is 1. The van der Waals surface area contributed by atoms with Gasteiger partial charge >= 0.3 is 5.97 Å². The molecule has 3 nitrogen and oxygen atoms in total. The predicted molar refractivity (Wildman–Crippen MR) is 96.6 cm³/mol. The number of carbonyl (C=O) groups excluding carboxylic acids is 1. The second-order valence-corrected chi connectivity index (χ2v) is 13.3. The van der Waals surface area contributed by atoms with Gasteiger partial charge in [-0.2, -0.15) is 0 Å². The minimum absolute atomic E-state index is 0.0497. The van der Waals surface area contributed by atoms with Crippen LogP contribution in [0.2, 0.25) is 16.6 Å². The molecule has 0 fully saturated rings. The summed E-state index contributed by atoms with van der Waals surface area (Å²) in [6.45, 7) is 20.3. The van der Waals surface area contributed by atoms with Crippen molar-refractivity contribution < 1.29 is 14.0 Å². The van der Waals surface area contributed by atoms with E-state index in [2.05, 4.69) is 62.3 Å². The summed E-state index contributed by atoms with van der Waals surface area (Å²) in [6, 6.07) is 0. The van der Waals surface area contributed by atoms with Crippen LogP contribution in [0.25, 0.3) is 0 Å². The fraction of sp³-hybridized carbons (Fsp3) is 0.944. The van der Waals surface area contributed by atoms with Crippen molar-refractivity contribution in [2.75, 3.05) is 7.11 Å². The van der Waals surface area contributed by atoms with Gasteiger partial charge in [-0.1, -0.05) is 62.3 Å². The fourth-order valence-corrected chi connectivity index (χ4v) is 9.32. The van der Waals surface area contributed by atoms with Crippen LogP contribution in [0.15, 0.2) is 0 Å². The van der Waals surface area contributed by atoms with E-state index in [-0.39, 0.29) is 12.1 Å². The molecule has 0 aliphatic carbocycles. The van der Waals surface area contributed by atoms with Crippen molar-refractivity contribution in [3.8, 4) is 0 Å². The molecular formula is C18H38O3Si. The third-order valence-electron chi connectivity index (χ3n) is 5.30. The molecule has 4 heteroatoms. The van der Waals surface area contributed by atoms with Gasteiger partial charge in [0.2, 0.25) is 8.32 Å². The molecule has 0 radical (unpaired) electrons. The van der Waals surface area contributed by atoms with E-state index in [0.29, 0.717) is 34.9 Å². The second-order valence-electron chi connectivity index (χ2n) is 7.86. The lowest BCUT2D eigenvalue weighted by atomic mass is 9.91. The van der Waals surface area contributed by atoms with E-state index < -0.39 is 8.32 Å². The highest BCUT2D eigenvalue weighted by Crippen LogP contribution is 2.44. The van der Waals surface area contributed by atoms with Crippen LogP contribution >= 0.6 is 0 Å². The Labute approximate surface area is 139 Å². The number of methoxy groups -OCH3 is 1. The normalized spacial score (nSPS) is 15.7. The molecule has 0 aromatic heterocycles. The van der Waals surface area contributed by atoms with E-state index in [1.54, 1.807) is 0 Å². The van der Waals surface area contributed by atoms with E-state index in [9.17, 15) is 4.79 Å². The highest BCUT2D eigenvalue weighted by atomic mass is 28.4. The van der Waals surface area contributed by atoms with Gasteiger partial charge in [-0.05, 0) is 28.5 Å². The van der Waals surface area contributed by atoms with Gasteiger partial charge in [0.05, 0.1) is 19.6 Å². The Balaban J connectivity index is 5.57. The summed E-state index contributed by atoms with van der Waals surface area (Å²) >= 11 is 0. The van der Waals surface area contributed by atoms with Crippen LogP contribution in [-0.2, 0) is 14.0 Å². The number of esters is 1. The molecular weight excluding hydrogens is 292 g/mol. The lowest BCUT2D eigenvalue weighted by Crippen LogP contribution is -2.52. The van der Waals surface area contributed by atoms with Crippen molar-refractivity contribution in [2.45, 2.75) is 91.5 Å². The summed E-state index contributed by atoms with van der Waals surface area (Å²) in [5, 5.41) is 0. The number of hydrogen-bond acceptors (Lipinski definition) is 3. The Bertz CT molecular complexity index is 315. The van der Waals surface area contributed by atoms with Gasteiger partial charge in [0.25, 0.3) is 0 Å². The lowest BCUT2D eigenvalue weighted by Gasteiger charge is -2.46. The largest absolute Gasteiger partial charge is 0.469 e. The first kappa shape index (κ1) is 21.6. The lowest BCUT2D eigenvalue weighted by molar-refractivity contribution is -0.143. The van der Waals surface area contributed by atoms with Gasteiger partial charge < -0.3 is 9.16 Å². The zero-order valence-electron chi connectivity index (χ0n) is 16.4. The van der Waals surface area contributed by atoms with Crippen LogP contribution in [0.5, 0.6) is 0 Å². The first-order valence-corrected chi connectivity index (χ1v) is 10.9. The molecule has 0 spiro atoms. The van der Waals surface area contributed by atoms with Gasteiger partial charge in [0.15, 0.2) is 0 Å². The highest BCUT2D eigenvalue weighted by Gasteiger charge is 2.47. The van der Waals surface area contributed by atoms with Crippen LogP contribution in [0.4, 0.5) is 0 Å². The molecule has 0 aliphatic rings. The number of rotatable bonds is 9. The second kappa shape index (κ2) is 9.07. The van der Waals surface area contributed by atoms with Gasteiger partial charge in [-0.15, -0.1) is 0 Å². The molecule has 0 heterocycles. The standard InChI is InChI=1S/C18H38O3Si/c1-12(2)16(9)17(11-18(19)20-10)21-22(13(3)4,14(5)6)15(7)8/h12-17H,11H2,1-10H3/t16-,17-/m1/s1. The summed E-state index contributed by atoms with van der Waals surface area (Å²) in [4.78, 5) is 11.9. The third-order valence-corrected chi connectivity index (χ3v) is 11.4. The number of ether oxygens (including phenoxy) is 1. The smallest absolute Gasteiger partial charge is 0.308 e. The Morgan fingerprint density at radius 1 is 0.864 bits per heavy atom. The Morgan fingerprint density at radius 3 is 1.55 bits per heavy atom. The number of hydrogen-bond donors (Lipinski definition) is 0. The van der Waals surface area contributed by atoms with Crippen LogP contribution in [0.1, 0.15) is 68.7 Å². The molecule has 2 atom stereocenters. The van der Waals surface area contributed by atoms with Crippen LogP contribution in [-0.4, -0.2) is 27.5 Å². The molecule has 0 aromatic carbocycles. The molecule has 132 valence electrons. The fourth-order valence-electron chi connectivity index (χ4n) is 3.68. The van der Waals surface area contributed by atoms with E-state index in [0.717, 1.165) is 0 Å². The van der Waals surface area contributed by atoms with Crippen LogP contribution < -0.4 is 0 Å². The molecule has 0 rings (SSSR count). The summed E-state index contributed by atoms with van der Waals surface area (Å²) in [5.74, 6) is 0.645. The van der Waals surface area contributed by atoms with Crippen LogP contribution in [0.3, 0.4) is 0 Å². The third kappa shape index (κ3) is 5.09. The summed E-state index contributed by atoms with van der Waals surface area (Å²) < 4.78 is 11.8. The van der Waals surface area contributed by atoms with Crippen molar-refractivity contribution in [3.05, 3.63) is 0 Å². The highest BCUT2D eigenvalue weighted by molar-refractivity contribution is 6.77. The van der Waals surface area contributed by atoms with Crippen LogP contribution in [0, 0.1) is 11.8 Å². The molecule has 0 N–H and O–H groups in total.